The normalized spacial score (nSPS) is 19.0. The van der Waals surface area contributed by atoms with Crippen LogP contribution in [0.2, 0.25) is 0 Å². The van der Waals surface area contributed by atoms with Crippen LogP contribution in [0.1, 0.15) is 12.8 Å². The minimum atomic E-state index is -5.44. The van der Waals surface area contributed by atoms with E-state index in [2.05, 4.69) is 14.9 Å². The highest BCUT2D eigenvalue weighted by Gasteiger charge is 2.48. The van der Waals surface area contributed by atoms with Crippen LogP contribution in [0.25, 0.3) is 0 Å². The third-order valence-electron chi connectivity index (χ3n) is 4.04. The zero-order valence-corrected chi connectivity index (χ0v) is 16.0. The summed E-state index contributed by atoms with van der Waals surface area (Å²) in [6, 6.07) is 4.14. The molecule has 1 aliphatic heterocycles. The Morgan fingerprint density at radius 1 is 1.38 bits per heavy atom. The van der Waals surface area contributed by atoms with Crippen LogP contribution in [0.4, 0.5) is 18.9 Å². The molecule has 2 rings (SSSR count). The number of halogens is 3. The van der Waals surface area contributed by atoms with Crippen LogP contribution in [-0.2, 0) is 9.84 Å². The van der Waals surface area contributed by atoms with Crippen molar-refractivity contribution in [3.63, 3.8) is 0 Å². The maximum atomic E-state index is 13.0. The van der Waals surface area contributed by atoms with E-state index in [0.29, 0.717) is 17.9 Å². The summed E-state index contributed by atoms with van der Waals surface area (Å²) in [5.74, 6) is 0. The number of hydrogen-bond donors (Lipinski definition) is 3. The Bertz CT molecular complexity index is 713. The molecular weight excluding hydrogens is 389 g/mol. The van der Waals surface area contributed by atoms with Crippen molar-refractivity contribution >= 4 is 27.5 Å². The van der Waals surface area contributed by atoms with E-state index in [0.717, 1.165) is 44.1 Å². The van der Waals surface area contributed by atoms with Gasteiger partial charge in [0.15, 0.2) is 0 Å². The molecule has 6 nitrogen and oxygen atoms in total. The quantitative estimate of drug-likeness (QED) is 0.445. The molecule has 0 radical (unpaired) electrons. The van der Waals surface area contributed by atoms with E-state index in [-0.39, 0.29) is 11.7 Å². The summed E-state index contributed by atoms with van der Waals surface area (Å²) in [6.07, 6.45) is 1.61. The number of benzene rings is 1. The van der Waals surface area contributed by atoms with Crippen LogP contribution >= 0.6 is 11.9 Å². The molecule has 1 heterocycles. The van der Waals surface area contributed by atoms with Crippen molar-refractivity contribution in [3.05, 3.63) is 18.2 Å². The predicted octanol–water partition coefficient (Wildman–Crippen LogP) is 2.04. The lowest BCUT2D eigenvalue weighted by molar-refractivity contribution is -0.0435. The molecule has 11 heteroatoms. The summed E-state index contributed by atoms with van der Waals surface area (Å²) in [4.78, 5) is 1.81. The molecule has 0 bridgehead atoms. The Labute approximate surface area is 155 Å². The number of nitrogens with one attached hydrogen (secondary N) is 2. The van der Waals surface area contributed by atoms with Gasteiger partial charge in [-0.05, 0) is 63.1 Å². The predicted molar refractivity (Wildman–Crippen MR) is 96.7 cm³/mol. The fraction of sp³-hybridized carbons (Fsp3) is 0.600. The largest absolute Gasteiger partial charge is 0.501 e. The summed E-state index contributed by atoms with van der Waals surface area (Å²) in [5.41, 5.74) is 0.440. The second-order valence-electron chi connectivity index (χ2n) is 6.04. The highest BCUT2D eigenvalue weighted by atomic mass is 32.2. The zero-order chi connectivity index (χ0) is 19.4. The molecule has 26 heavy (non-hydrogen) atoms. The van der Waals surface area contributed by atoms with Crippen molar-refractivity contribution in [2.24, 2.45) is 5.73 Å². The van der Waals surface area contributed by atoms with Gasteiger partial charge in [0, 0.05) is 24.0 Å². The van der Waals surface area contributed by atoms with Crippen LogP contribution in [-0.4, -0.2) is 58.1 Å². The lowest BCUT2D eigenvalue weighted by atomic mass is 10.3. The van der Waals surface area contributed by atoms with Gasteiger partial charge in [-0.2, -0.15) is 13.2 Å². The van der Waals surface area contributed by atoms with Crippen LogP contribution < -0.4 is 15.8 Å². The standard InChI is InChI=1S/C15H23F3N4O2S2/c1-20-25-12-3-4-13(14(9-12)26(23,24)15(16,17)18)21-6-2-7-22-8-5-11(19)10-22/h3-4,9,11,20-21H,2,5-8,10,19H2,1H3. The average molecular weight is 413 g/mol. The lowest BCUT2D eigenvalue weighted by Crippen LogP contribution is -2.28. The minimum Gasteiger partial charge on any atom is -0.384 e. The first-order valence-electron chi connectivity index (χ1n) is 8.16. The second kappa shape index (κ2) is 8.79. The summed E-state index contributed by atoms with van der Waals surface area (Å²) in [7, 11) is -3.84. The molecule has 1 aromatic rings. The minimum absolute atomic E-state index is 0.0408. The number of anilines is 1. The molecule has 1 atom stereocenters. The topological polar surface area (TPSA) is 87.5 Å². The van der Waals surface area contributed by atoms with Gasteiger partial charge in [-0.25, -0.2) is 8.42 Å². The third kappa shape index (κ3) is 5.26. The van der Waals surface area contributed by atoms with Gasteiger partial charge in [-0.1, -0.05) is 0 Å². The summed E-state index contributed by atoms with van der Waals surface area (Å²) in [6.45, 7) is 2.84. The van der Waals surface area contributed by atoms with Gasteiger partial charge < -0.3 is 16.0 Å². The number of sulfone groups is 1. The maximum Gasteiger partial charge on any atom is 0.501 e. The molecule has 1 fully saturated rings. The Kier molecular flexibility index (Phi) is 7.19. The first-order valence-corrected chi connectivity index (χ1v) is 10.5. The molecule has 0 aromatic heterocycles. The van der Waals surface area contributed by atoms with Crippen LogP contribution in [0.5, 0.6) is 0 Å². The first kappa shape index (κ1) is 21.3. The van der Waals surface area contributed by atoms with Gasteiger partial charge in [-0.3, -0.25) is 4.72 Å². The SMILES string of the molecule is CNSc1ccc(NCCCN2CCC(N)C2)c(S(=O)(=O)C(F)(F)F)c1. The first-order chi connectivity index (χ1) is 12.1. The number of hydrogen-bond acceptors (Lipinski definition) is 7. The van der Waals surface area contributed by atoms with E-state index in [1.54, 1.807) is 13.1 Å². The highest BCUT2D eigenvalue weighted by molar-refractivity contribution is 7.97. The smallest absolute Gasteiger partial charge is 0.384 e. The van der Waals surface area contributed by atoms with E-state index in [9.17, 15) is 21.6 Å². The van der Waals surface area contributed by atoms with E-state index in [1.165, 1.54) is 6.07 Å². The molecular formula is C15H23F3N4O2S2. The number of alkyl halides is 3. The van der Waals surface area contributed by atoms with Crippen molar-refractivity contribution in [1.29, 1.82) is 0 Å². The average Bonchev–Trinajstić information content (AvgIpc) is 2.97. The summed E-state index contributed by atoms with van der Waals surface area (Å²) >= 11 is 1.04. The molecule has 4 N–H and O–H groups in total. The van der Waals surface area contributed by atoms with Crippen molar-refractivity contribution in [2.75, 3.05) is 38.5 Å². The molecule has 1 saturated heterocycles. The Morgan fingerprint density at radius 3 is 2.69 bits per heavy atom. The van der Waals surface area contributed by atoms with Crippen molar-refractivity contribution in [3.8, 4) is 0 Å². The number of nitrogens with two attached hydrogens (primary N) is 1. The molecule has 0 aliphatic carbocycles. The van der Waals surface area contributed by atoms with Gasteiger partial charge in [0.1, 0.15) is 4.90 Å². The van der Waals surface area contributed by atoms with E-state index < -0.39 is 20.2 Å². The van der Waals surface area contributed by atoms with E-state index in [4.69, 9.17) is 5.73 Å². The molecule has 0 saturated carbocycles. The van der Waals surface area contributed by atoms with Gasteiger partial charge in [-0.15, -0.1) is 0 Å². The third-order valence-corrected chi connectivity index (χ3v) is 6.26. The Morgan fingerprint density at radius 2 is 2.12 bits per heavy atom. The number of nitrogens with zero attached hydrogens (tertiary/aromatic N) is 1. The molecule has 0 amide bonds. The van der Waals surface area contributed by atoms with Gasteiger partial charge >= 0.3 is 5.51 Å². The van der Waals surface area contributed by atoms with Gasteiger partial charge in [0.05, 0.1) is 5.69 Å². The number of rotatable bonds is 8. The van der Waals surface area contributed by atoms with Crippen molar-refractivity contribution in [2.45, 2.75) is 34.2 Å². The van der Waals surface area contributed by atoms with Crippen LogP contribution in [0, 0.1) is 0 Å². The second-order valence-corrected chi connectivity index (χ2v) is 9.04. The fourth-order valence-electron chi connectivity index (χ4n) is 2.77. The fourth-order valence-corrected chi connectivity index (χ4v) is 4.35. The van der Waals surface area contributed by atoms with E-state index in [1.807, 2.05) is 0 Å². The summed E-state index contributed by atoms with van der Waals surface area (Å²) < 4.78 is 65.5. The molecule has 1 aromatic carbocycles. The lowest BCUT2D eigenvalue weighted by Gasteiger charge is -2.17. The molecule has 1 aliphatic rings. The molecule has 0 spiro atoms. The van der Waals surface area contributed by atoms with Crippen molar-refractivity contribution in [1.82, 2.24) is 9.62 Å². The maximum absolute atomic E-state index is 13.0. The van der Waals surface area contributed by atoms with Gasteiger partial charge in [0.2, 0.25) is 0 Å². The van der Waals surface area contributed by atoms with Crippen LogP contribution in [0.3, 0.4) is 0 Å². The van der Waals surface area contributed by atoms with Crippen LogP contribution in [0.15, 0.2) is 28.0 Å². The van der Waals surface area contributed by atoms with E-state index >= 15 is 0 Å². The zero-order valence-electron chi connectivity index (χ0n) is 14.3. The molecule has 148 valence electrons. The summed E-state index contributed by atoms with van der Waals surface area (Å²) in [5, 5.41) is 2.83. The number of likely N-dealkylation sites (tertiary alicyclic amines) is 1. The molecule has 1 unspecified atom stereocenters. The Hall–Kier alpha value is -1.01. The monoisotopic (exact) mass is 412 g/mol. The highest BCUT2D eigenvalue weighted by Crippen LogP contribution is 2.36. The Balaban J connectivity index is 2.09. The van der Waals surface area contributed by atoms with Crippen molar-refractivity contribution < 1.29 is 21.6 Å². The van der Waals surface area contributed by atoms with Gasteiger partial charge in [0.25, 0.3) is 9.84 Å².